The maximum atomic E-state index is 11.8. The summed E-state index contributed by atoms with van der Waals surface area (Å²) >= 11 is 0. The fraction of sp³-hybridized carbons (Fsp3) is 0.222. The van der Waals surface area contributed by atoms with Gasteiger partial charge in [-0.25, -0.2) is 0 Å². The van der Waals surface area contributed by atoms with Crippen LogP contribution in [0, 0.1) is 0 Å². The van der Waals surface area contributed by atoms with Crippen LogP contribution in [0.3, 0.4) is 0 Å². The summed E-state index contributed by atoms with van der Waals surface area (Å²) in [5.41, 5.74) is 1.26. The molecule has 2 aromatic carbocycles. The van der Waals surface area contributed by atoms with Crippen LogP contribution in [-0.4, -0.2) is 15.2 Å². The Kier molecular flexibility index (Phi) is 7.02. The maximum Gasteiger partial charge on any atom is 1.00 e. The first kappa shape index (κ1) is 18.6. The van der Waals surface area contributed by atoms with Crippen molar-refractivity contribution in [1.82, 2.24) is 0 Å². The van der Waals surface area contributed by atoms with Crippen molar-refractivity contribution >= 4 is 13.3 Å². The minimum absolute atomic E-state index is 0. The first-order valence-electron chi connectivity index (χ1n) is 7.09. The molecule has 0 saturated carbocycles. The molecule has 0 heterocycles. The molecule has 0 aliphatic rings. The van der Waals surface area contributed by atoms with E-state index in [9.17, 15) is 5.11 Å². The number of methoxy groups -OCH3 is 1. The average Bonchev–Trinajstić information content (AvgIpc) is 2.53. The molecule has 0 spiro atoms. The molecule has 0 fully saturated rings. The number of hydrogen-bond acceptors (Lipinski definition) is 2. The van der Waals surface area contributed by atoms with E-state index in [4.69, 9.17) is 4.74 Å². The van der Waals surface area contributed by atoms with E-state index in [2.05, 4.69) is 49.5 Å². The van der Waals surface area contributed by atoms with E-state index in [1.807, 2.05) is 24.3 Å². The Labute approximate surface area is 146 Å². The number of rotatable bonds is 5. The van der Waals surface area contributed by atoms with E-state index in [-0.39, 0.29) is 30.3 Å². The Morgan fingerprint density at radius 2 is 1.50 bits per heavy atom. The van der Waals surface area contributed by atoms with Crippen LogP contribution in [0.15, 0.2) is 72.7 Å². The molecule has 0 saturated heterocycles. The van der Waals surface area contributed by atoms with Gasteiger partial charge in [0.2, 0.25) is 0 Å². The molecule has 0 aromatic heterocycles. The van der Waals surface area contributed by atoms with Crippen molar-refractivity contribution in [2.45, 2.75) is 18.6 Å². The quantitative estimate of drug-likeness (QED) is 0.565. The van der Waals surface area contributed by atoms with Crippen LogP contribution in [0.1, 0.15) is 11.1 Å². The van der Waals surface area contributed by atoms with Crippen molar-refractivity contribution in [3.63, 3.8) is 0 Å². The molecule has 22 heavy (non-hydrogen) atoms. The second-order valence-electron chi connectivity index (χ2n) is 5.67. The normalized spacial score (nSPS) is 13.1. The Balaban J connectivity index is 0.00000242. The van der Waals surface area contributed by atoms with E-state index < -0.39 is 8.07 Å². The van der Waals surface area contributed by atoms with E-state index in [1.165, 1.54) is 17.9 Å². The van der Waals surface area contributed by atoms with E-state index in [0.717, 1.165) is 0 Å². The Morgan fingerprint density at radius 3 is 2.00 bits per heavy atom. The van der Waals surface area contributed by atoms with Crippen LogP contribution in [-0.2, 0) is 4.74 Å². The molecule has 0 amide bonds. The van der Waals surface area contributed by atoms with Gasteiger partial charge in [-0.3, -0.25) is 0 Å². The van der Waals surface area contributed by atoms with Crippen molar-refractivity contribution in [1.29, 1.82) is 0 Å². The minimum atomic E-state index is -1.89. The zero-order chi connectivity index (χ0) is 15.3. The number of benzene rings is 2. The standard InChI is InChI=1S/C18H22O2Si.Li/c1-20-18(19)14-17(15-10-6-4-7-11-15)21(2,3)16-12-8-5-9-13-16;/h4-14,17,19H,1-3H3;/q;+1/p-1/b18-14-;. The van der Waals surface area contributed by atoms with Gasteiger partial charge in [-0.05, 0) is 12.7 Å². The molecular formula is C18H21LiO2Si. The predicted molar refractivity (Wildman–Crippen MR) is 87.8 cm³/mol. The van der Waals surface area contributed by atoms with Gasteiger partial charge >= 0.3 is 18.9 Å². The van der Waals surface area contributed by atoms with Crippen molar-refractivity contribution in [3.05, 3.63) is 78.2 Å². The van der Waals surface area contributed by atoms with Gasteiger partial charge in [0, 0.05) is 11.5 Å². The van der Waals surface area contributed by atoms with Crippen LogP contribution in [0.5, 0.6) is 0 Å². The Morgan fingerprint density at radius 1 is 1.00 bits per heavy atom. The molecule has 1 atom stereocenters. The molecule has 4 heteroatoms. The molecule has 1 unspecified atom stereocenters. The van der Waals surface area contributed by atoms with Crippen molar-refractivity contribution in [2.24, 2.45) is 0 Å². The van der Waals surface area contributed by atoms with Crippen LogP contribution in [0.4, 0.5) is 0 Å². The summed E-state index contributed by atoms with van der Waals surface area (Å²) in [5, 5.41) is 13.2. The van der Waals surface area contributed by atoms with Crippen LogP contribution in [0.2, 0.25) is 13.1 Å². The van der Waals surface area contributed by atoms with Crippen LogP contribution in [0.25, 0.3) is 0 Å². The topological polar surface area (TPSA) is 32.3 Å². The van der Waals surface area contributed by atoms with Crippen molar-refractivity contribution < 1.29 is 28.7 Å². The monoisotopic (exact) mass is 304 g/mol. The molecule has 2 rings (SSSR count). The summed E-state index contributed by atoms with van der Waals surface area (Å²) in [6.45, 7) is 4.58. The molecule has 2 aromatic rings. The number of hydrogen-bond donors (Lipinski definition) is 0. The van der Waals surface area contributed by atoms with Gasteiger partial charge in [0.1, 0.15) is 0 Å². The van der Waals surface area contributed by atoms with Crippen LogP contribution >= 0.6 is 0 Å². The summed E-state index contributed by atoms with van der Waals surface area (Å²) in [6, 6.07) is 20.7. The fourth-order valence-corrected chi connectivity index (χ4v) is 5.62. The summed E-state index contributed by atoms with van der Waals surface area (Å²) in [7, 11) is -0.457. The number of allylic oxidation sites excluding steroid dienone is 1. The fourth-order valence-electron chi connectivity index (χ4n) is 2.63. The molecule has 0 N–H and O–H groups in total. The maximum absolute atomic E-state index is 11.8. The van der Waals surface area contributed by atoms with Crippen molar-refractivity contribution in [2.75, 3.05) is 7.11 Å². The van der Waals surface area contributed by atoms with Crippen molar-refractivity contribution in [3.8, 4) is 0 Å². The van der Waals surface area contributed by atoms with Crippen LogP contribution < -0.4 is 29.2 Å². The molecular weight excluding hydrogens is 283 g/mol. The zero-order valence-corrected chi connectivity index (χ0v) is 14.7. The van der Waals surface area contributed by atoms with Gasteiger partial charge in [0.25, 0.3) is 0 Å². The Hall–Kier alpha value is -1.41. The van der Waals surface area contributed by atoms with Gasteiger partial charge in [-0.15, -0.1) is 0 Å². The van der Waals surface area contributed by atoms with Gasteiger partial charge in [-0.1, -0.05) is 85.0 Å². The van der Waals surface area contributed by atoms with Gasteiger partial charge in [-0.2, -0.15) is 0 Å². The first-order valence-corrected chi connectivity index (χ1v) is 10.2. The third-order valence-corrected chi connectivity index (χ3v) is 7.83. The Bertz CT molecular complexity index is 597. The molecule has 0 aliphatic heterocycles. The third-order valence-electron chi connectivity index (χ3n) is 3.96. The minimum Gasteiger partial charge on any atom is -0.617 e. The van der Waals surface area contributed by atoms with Gasteiger partial charge in [0.05, 0.1) is 8.07 Å². The second kappa shape index (κ2) is 8.29. The summed E-state index contributed by atoms with van der Waals surface area (Å²) in [4.78, 5) is 0. The van der Waals surface area contributed by atoms with Gasteiger partial charge < -0.3 is 9.84 Å². The summed E-state index contributed by atoms with van der Waals surface area (Å²) in [6.07, 6.45) is 1.73. The molecule has 2 nitrogen and oxygen atoms in total. The smallest absolute Gasteiger partial charge is 0.617 e. The molecule has 0 aliphatic carbocycles. The zero-order valence-electron chi connectivity index (χ0n) is 13.7. The van der Waals surface area contributed by atoms with Gasteiger partial charge in [0.15, 0.2) is 0 Å². The summed E-state index contributed by atoms with van der Waals surface area (Å²) in [5.74, 6) is -0.264. The van der Waals surface area contributed by atoms with E-state index in [0.29, 0.717) is 0 Å². The second-order valence-corrected chi connectivity index (χ2v) is 10.3. The largest absolute Gasteiger partial charge is 1.00 e. The van der Waals surface area contributed by atoms with E-state index >= 15 is 0 Å². The number of ether oxygens (including phenoxy) is 1. The average molecular weight is 304 g/mol. The molecule has 0 radical (unpaired) electrons. The predicted octanol–water partition coefficient (Wildman–Crippen LogP) is -0.223. The summed E-state index contributed by atoms with van der Waals surface area (Å²) < 4.78 is 4.86. The van der Waals surface area contributed by atoms with E-state index in [1.54, 1.807) is 6.08 Å². The third kappa shape index (κ3) is 4.30. The molecule has 0 bridgehead atoms. The molecule has 110 valence electrons. The SMILES string of the molecule is CO/C([O-])=C\C(c1ccccc1)[Si](C)(C)c1ccccc1.[Li+]. The first-order chi connectivity index (χ1) is 10.1.